The summed E-state index contributed by atoms with van der Waals surface area (Å²) in [5, 5.41) is 6.26. The van der Waals surface area contributed by atoms with Gasteiger partial charge in [0.2, 0.25) is 11.7 Å². The van der Waals surface area contributed by atoms with E-state index < -0.39 is 17.5 Å². The number of nitrogens with one attached hydrogen (secondary N) is 1. The number of anilines is 1. The predicted octanol–water partition coefficient (Wildman–Crippen LogP) is 4.35. The molecule has 1 amide bonds. The van der Waals surface area contributed by atoms with Gasteiger partial charge >= 0.3 is 6.09 Å². The summed E-state index contributed by atoms with van der Waals surface area (Å²) in [5.74, 6) is 0.0862. The fraction of sp³-hybridized carbons (Fsp3) is 0.438. The molecule has 23 heavy (non-hydrogen) atoms. The number of rotatable bonds is 3. The zero-order valence-corrected chi connectivity index (χ0v) is 13.8. The van der Waals surface area contributed by atoms with E-state index in [0.29, 0.717) is 11.5 Å². The van der Waals surface area contributed by atoms with E-state index in [1.807, 2.05) is 13.8 Å². The molecule has 1 aromatic heterocycles. The molecule has 0 atom stereocenters. The number of benzene rings is 1. The molecule has 0 saturated carbocycles. The molecule has 1 aromatic carbocycles. The molecule has 7 heteroatoms. The molecule has 6 nitrogen and oxygen atoms in total. The van der Waals surface area contributed by atoms with Crippen LogP contribution in [0.2, 0.25) is 0 Å². The van der Waals surface area contributed by atoms with Gasteiger partial charge in [-0.1, -0.05) is 25.1 Å². The van der Waals surface area contributed by atoms with E-state index in [0.717, 1.165) is 0 Å². The topological polar surface area (TPSA) is 77.2 Å². The Morgan fingerprint density at radius 3 is 2.61 bits per heavy atom. The molecule has 0 saturated heterocycles. The minimum atomic E-state index is -0.753. The second-order valence-corrected chi connectivity index (χ2v) is 6.40. The van der Waals surface area contributed by atoms with Crippen LogP contribution in [0.4, 0.5) is 14.9 Å². The standard InChI is InChI=1S/C16H20FN3O3/c1-9(2)14-19-13(20-23-14)10-7-6-8-11(17)12(10)18-15(21)22-16(3,4)5/h6-9H,1-5H3,(H,18,21). The highest BCUT2D eigenvalue weighted by atomic mass is 19.1. The molecule has 0 radical (unpaired) electrons. The highest BCUT2D eigenvalue weighted by molar-refractivity contribution is 5.90. The highest BCUT2D eigenvalue weighted by Crippen LogP contribution is 2.29. The van der Waals surface area contributed by atoms with Gasteiger partial charge in [-0.05, 0) is 32.9 Å². The number of hydrogen-bond donors (Lipinski definition) is 1. The summed E-state index contributed by atoms with van der Waals surface area (Å²) in [6, 6.07) is 4.35. The molecule has 124 valence electrons. The Morgan fingerprint density at radius 2 is 2.04 bits per heavy atom. The maximum Gasteiger partial charge on any atom is 0.412 e. The number of halogens is 1. The molecule has 2 aromatic rings. The summed E-state index contributed by atoms with van der Waals surface area (Å²) < 4.78 is 24.4. The number of aromatic nitrogens is 2. The van der Waals surface area contributed by atoms with Crippen molar-refractivity contribution >= 4 is 11.8 Å². The van der Waals surface area contributed by atoms with E-state index >= 15 is 0 Å². The lowest BCUT2D eigenvalue weighted by Crippen LogP contribution is -2.27. The summed E-state index contributed by atoms with van der Waals surface area (Å²) in [6.07, 6.45) is -0.753. The van der Waals surface area contributed by atoms with Crippen molar-refractivity contribution in [2.24, 2.45) is 0 Å². The third-order valence-electron chi connectivity index (χ3n) is 2.82. The third-order valence-corrected chi connectivity index (χ3v) is 2.82. The highest BCUT2D eigenvalue weighted by Gasteiger charge is 2.21. The normalized spacial score (nSPS) is 11.6. The van der Waals surface area contributed by atoms with Crippen LogP contribution in [0.5, 0.6) is 0 Å². The van der Waals surface area contributed by atoms with Crippen LogP contribution in [0, 0.1) is 5.82 Å². The van der Waals surface area contributed by atoms with Crippen molar-refractivity contribution in [1.82, 2.24) is 10.1 Å². The van der Waals surface area contributed by atoms with Gasteiger partial charge in [-0.2, -0.15) is 4.98 Å². The second-order valence-electron chi connectivity index (χ2n) is 6.40. The summed E-state index contributed by atoms with van der Waals surface area (Å²) in [4.78, 5) is 16.1. The van der Waals surface area contributed by atoms with Gasteiger partial charge in [0.1, 0.15) is 11.4 Å². The molecule has 0 spiro atoms. The van der Waals surface area contributed by atoms with Gasteiger partial charge in [-0.15, -0.1) is 0 Å². The molecular weight excluding hydrogens is 301 g/mol. The van der Waals surface area contributed by atoms with Crippen molar-refractivity contribution in [3.05, 3.63) is 29.9 Å². The third kappa shape index (κ3) is 4.28. The number of hydrogen-bond acceptors (Lipinski definition) is 5. The van der Waals surface area contributed by atoms with E-state index in [-0.39, 0.29) is 17.4 Å². The smallest absolute Gasteiger partial charge is 0.412 e. The summed E-state index contributed by atoms with van der Waals surface area (Å²) in [5.41, 5.74) is -0.406. The Balaban J connectivity index is 2.34. The Hall–Kier alpha value is -2.44. The van der Waals surface area contributed by atoms with Gasteiger partial charge in [0.25, 0.3) is 0 Å². The van der Waals surface area contributed by atoms with Crippen LogP contribution in [-0.4, -0.2) is 21.8 Å². The molecule has 1 N–H and O–H groups in total. The van der Waals surface area contributed by atoms with E-state index in [9.17, 15) is 9.18 Å². The van der Waals surface area contributed by atoms with Gasteiger partial charge in [-0.3, -0.25) is 5.32 Å². The first kappa shape index (κ1) is 16.9. The van der Waals surface area contributed by atoms with Crippen LogP contribution >= 0.6 is 0 Å². The molecular formula is C16H20FN3O3. The van der Waals surface area contributed by atoms with Crippen molar-refractivity contribution < 1.29 is 18.4 Å². The molecule has 0 bridgehead atoms. The molecule has 1 heterocycles. The molecule has 0 aliphatic carbocycles. The first-order valence-corrected chi connectivity index (χ1v) is 7.30. The zero-order chi connectivity index (χ0) is 17.2. The van der Waals surface area contributed by atoms with Gasteiger partial charge in [0.15, 0.2) is 0 Å². The SMILES string of the molecule is CC(C)c1nc(-c2cccc(F)c2NC(=O)OC(C)(C)C)no1. The number of para-hydroxylation sites is 1. The minimum absolute atomic E-state index is 0.0437. The van der Waals surface area contributed by atoms with Crippen molar-refractivity contribution in [2.45, 2.75) is 46.1 Å². The lowest BCUT2D eigenvalue weighted by atomic mass is 10.1. The maximum absolute atomic E-state index is 14.1. The van der Waals surface area contributed by atoms with Gasteiger partial charge in [0.05, 0.1) is 5.69 Å². The Kier molecular flexibility index (Phi) is 4.68. The largest absolute Gasteiger partial charge is 0.444 e. The van der Waals surface area contributed by atoms with Gasteiger partial charge in [-0.25, -0.2) is 9.18 Å². The van der Waals surface area contributed by atoms with Crippen molar-refractivity contribution in [2.75, 3.05) is 5.32 Å². The Bertz CT molecular complexity index is 705. The molecule has 0 aliphatic rings. The van der Waals surface area contributed by atoms with Crippen LogP contribution in [0.3, 0.4) is 0 Å². The Morgan fingerprint density at radius 1 is 1.35 bits per heavy atom. The number of carbonyl (C=O) groups is 1. The number of carbonyl (C=O) groups excluding carboxylic acids is 1. The van der Waals surface area contributed by atoms with Crippen LogP contribution in [0.15, 0.2) is 22.7 Å². The van der Waals surface area contributed by atoms with Crippen molar-refractivity contribution in [3.63, 3.8) is 0 Å². The summed E-state index contributed by atoms with van der Waals surface area (Å²) >= 11 is 0. The fourth-order valence-corrected chi connectivity index (χ4v) is 1.82. The summed E-state index contributed by atoms with van der Waals surface area (Å²) in [7, 11) is 0. The fourth-order valence-electron chi connectivity index (χ4n) is 1.82. The number of nitrogens with zero attached hydrogens (tertiary/aromatic N) is 2. The number of amides is 1. The Labute approximate surface area is 134 Å². The molecule has 2 rings (SSSR count). The van der Waals surface area contributed by atoms with Gasteiger partial charge < -0.3 is 9.26 Å². The first-order valence-electron chi connectivity index (χ1n) is 7.30. The minimum Gasteiger partial charge on any atom is -0.444 e. The van der Waals surface area contributed by atoms with E-state index in [1.54, 1.807) is 26.8 Å². The van der Waals surface area contributed by atoms with Crippen LogP contribution in [0.1, 0.15) is 46.4 Å². The lowest BCUT2D eigenvalue weighted by molar-refractivity contribution is 0.0635. The summed E-state index contributed by atoms with van der Waals surface area (Å²) in [6.45, 7) is 8.99. The van der Waals surface area contributed by atoms with E-state index in [4.69, 9.17) is 9.26 Å². The van der Waals surface area contributed by atoms with Crippen LogP contribution in [-0.2, 0) is 4.74 Å². The maximum atomic E-state index is 14.1. The van der Waals surface area contributed by atoms with Gasteiger partial charge in [0, 0.05) is 11.5 Å². The number of ether oxygens (including phenoxy) is 1. The average molecular weight is 321 g/mol. The predicted molar refractivity (Wildman–Crippen MR) is 83.6 cm³/mol. The quantitative estimate of drug-likeness (QED) is 0.909. The first-order chi connectivity index (χ1) is 10.7. The average Bonchev–Trinajstić information content (AvgIpc) is 2.88. The lowest BCUT2D eigenvalue weighted by Gasteiger charge is -2.20. The molecule has 0 unspecified atom stereocenters. The second kappa shape index (κ2) is 6.36. The molecule has 0 aliphatic heterocycles. The molecule has 0 fully saturated rings. The van der Waals surface area contributed by atoms with E-state index in [1.165, 1.54) is 12.1 Å². The van der Waals surface area contributed by atoms with Crippen LogP contribution in [0.25, 0.3) is 11.4 Å². The van der Waals surface area contributed by atoms with Crippen molar-refractivity contribution in [1.29, 1.82) is 0 Å². The van der Waals surface area contributed by atoms with Crippen molar-refractivity contribution in [3.8, 4) is 11.4 Å². The monoisotopic (exact) mass is 321 g/mol. The zero-order valence-electron chi connectivity index (χ0n) is 13.8. The van der Waals surface area contributed by atoms with E-state index in [2.05, 4.69) is 15.5 Å². The van der Waals surface area contributed by atoms with Crippen LogP contribution < -0.4 is 5.32 Å².